The molecule has 8 nitrogen and oxygen atoms in total. The Balaban J connectivity index is 1.36. The van der Waals surface area contributed by atoms with Crippen molar-refractivity contribution in [3.8, 4) is 5.75 Å². The summed E-state index contributed by atoms with van der Waals surface area (Å²) in [7, 11) is 0. The first-order chi connectivity index (χ1) is 16.3. The summed E-state index contributed by atoms with van der Waals surface area (Å²) in [6.45, 7) is 12.1. The van der Waals surface area contributed by atoms with Crippen molar-refractivity contribution in [1.82, 2.24) is 19.6 Å². The summed E-state index contributed by atoms with van der Waals surface area (Å²) < 4.78 is 15.5. The average Bonchev–Trinajstić information content (AvgIpc) is 3.53. The fraction of sp³-hybridized carbons (Fsp3) is 0.346. The first kappa shape index (κ1) is 23.4. The molecule has 0 aliphatic rings. The van der Waals surface area contributed by atoms with Gasteiger partial charge in [-0.05, 0) is 56.0 Å². The summed E-state index contributed by atoms with van der Waals surface area (Å²) in [6, 6.07) is 9.61. The van der Waals surface area contributed by atoms with Gasteiger partial charge in [-0.1, -0.05) is 26.0 Å². The van der Waals surface area contributed by atoms with E-state index in [0.29, 0.717) is 23.9 Å². The van der Waals surface area contributed by atoms with Crippen molar-refractivity contribution in [3.05, 3.63) is 82.8 Å². The number of amides is 1. The predicted molar refractivity (Wildman–Crippen MR) is 130 cm³/mol. The molecule has 0 aliphatic heterocycles. The minimum absolute atomic E-state index is 0.222. The van der Waals surface area contributed by atoms with Gasteiger partial charge >= 0.3 is 0 Å². The molecule has 4 aromatic rings. The molecule has 0 radical (unpaired) electrons. The highest BCUT2D eigenvalue weighted by Gasteiger charge is 2.15. The SMILES string of the molecule is CCn1ncc(Cn2cc(NC(=O)c3ccc(COc4cc(C)ccc4C(C)C)o3)cn2)c1C. The zero-order valence-corrected chi connectivity index (χ0v) is 20.3. The van der Waals surface area contributed by atoms with Gasteiger partial charge in [0.2, 0.25) is 0 Å². The molecule has 0 atom stereocenters. The molecule has 178 valence electrons. The van der Waals surface area contributed by atoms with E-state index in [1.807, 2.05) is 30.8 Å². The van der Waals surface area contributed by atoms with Gasteiger partial charge in [-0.15, -0.1) is 0 Å². The lowest BCUT2D eigenvalue weighted by Gasteiger charge is -2.14. The quantitative estimate of drug-likeness (QED) is 0.365. The lowest BCUT2D eigenvalue weighted by Crippen LogP contribution is -2.10. The van der Waals surface area contributed by atoms with Gasteiger partial charge in [0.25, 0.3) is 5.91 Å². The van der Waals surface area contributed by atoms with Gasteiger partial charge in [-0.2, -0.15) is 10.2 Å². The maximum atomic E-state index is 12.7. The van der Waals surface area contributed by atoms with Crippen LogP contribution in [0.4, 0.5) is 5.69 Å². The van der Waals surface area contributed by atoms with Crippen molar-refractivity contribution < 1.29 is 13.9 Å². The number of aromatic nitrogens is 4. The van der Waals surface area contributed by atoms with Gasteiger partial charge in [-0.25, -0.2) is 0 Å². The lowest BCUT2D eigenvalue weighted by molar-refractivity contribution is 0.0992. The number of rotatable bonds is 9. The Labute approximate surface area is 199 Å². The average molecular weight is 462 g/mol. The molecule has 3 heterocycles. The molecular formula is C26H31N5O3. The minimum Gasteiger partial charge on any atom is -0.485 e. The second-order valence-electron chi connectivity index (χ2n) is 8.70. The highest BCUT2D eigenvalue weighted by atomic mass is 16.5. The van der Waals surface area contributed by atoms with Crippen LogP contribution in [0.15, 0.2) is 53.3 Å². The van der Waals surface area contributed by atoms with E-state index in [1.54, 1.807) is 29.2 Å². The molecule has 3 aromatic heterocycles. The molecule has 0 spiro atoms. The third-order valence-corrected chi connectivity index (χ3v) is 5.77. The minimum atomic E-state index is -0.334. The van der Waals surface area contributed by atoms with Gasteiger partial charge < -0.3 is 14.5 Å². The summed E-state index contributed by atoms with van der Waals surface area (Å²) in [5.41, 5.74) is 5.08. The number of benzene rings is 1. The number of furan rings is 1. The molecule has 1 aromatic carbocycles. The lowest BCUT2D eigenvalue weighted by atomic mass is 10.0. The van der Waals surface area contributed by atoms with Gasteiger partial charge in [0, 0.05) is 24.0 Å². The molecule has 0 bridgehead atoms. The van der Waals surface area contributed by atoms with Gasteiger partial charge in [0.15, 0.2) is 5.76 Å². The van der Waals surface area contributed by atoms with Crippen molar-refractivity contribution in [2.24, 2.45) is 0 Å². The zero-order chi connectivity index (χ0) is 24.2. The monoisotopic (exact) mass is 461 g/mol. The molecule has 0 saturated carbocycles. The van der Waals surface area contributed by atoms with Gasteiger partial charge in [-0.3, -0.25) is 14.2 Å². The fourth-order valence-electron chi connectivity index (χ4n) is 3.81. The van der Waals surface area contributed by atoms with Crippen molar-refractivity contribution in [2.45, 2.75) is 60.2 Å². The molecule has 34 heavy (non-hydrogen) atoms. The fourth-order valence-corrected chi connectivity index (χ4v) is 3.81. The first-order valence-corrected chi connectivity index (χ1v) is 11.5. The number of nitrogens with one attached hydrogen (secondary N) is 1. The number of aryl methyl sites for hydroxylation is 2. The van der Waals surface area contributed by atoms with Crippen LogP contribution in [0.25, 0.3) is 0 Å². The molecule has 0 saturated heterocycles. The van der Waals surface area contributed by atoms with Crippen LogP contribution in [0.3, 0.4) is 0 Å². The molecule has 1 N–H and O–H groups in total. The number of hydrogen-bond acceptors (Lipinski definition) is 5. The third-order valence-electron chi connectivity index (χ3n) is 5.77. The number of nitrogens with zero attached hydrogens (tertiary/aromatic N) is 4. The first-order valence-electron chi connectivity index (χ1n) is 11.5. The standard InChI is InChI=1S/C26H31N5O3/c1-6-31-19(5)20(12-28-31)14-30-15-21(13-27-30)29-26(32)24-10-8-22(34-24)16-33-25-11-18(4)7-9-23(25)17(2)3/h7-13,15,17H,6,14,16H2,1-5H3,(H,29,32). The summed E-state index contributed by atoms with van der Waals surface area (Å²) >= 11 is 0. The van der Waals surface area contributed by atoms with Crippen LogP contribution < -0.4 is 10.1 Å². The van der Waals surface area contributed by atoms with Crippen molar-refractivity contribution in [2.75, 3.05) is 5.32 Å². The summed E-state index contributed by atoms with van der Waals surface area (Å²) in [4.78, 5) is 12.7. The summed E-state index contributed by atoms with van der Waals surface area (Å²) in [6.07, 6.45) is 5.26. The van der Waals surface area contributed by atoms with E-state index in [0.717, 1.165) is 34.7 Å². The Morgan fingerprint density at radius 3 is 2.71 bits per heavy atom. The van der Waals surface area contributed by atoms with Gasteiger partial charge in [0.1, 0.15) is 18.1 Å². The van der Waals surface area contributed by atoms with E-state index in [4.69, 9.17) is 9.15 Å². The van der Waals surface area contributed by atoms with Crippen LogP contribution in [-0.4, -0.2) is 25.5 Å². The molecule has 0 aliphatic carbocycles. The van der Waals surface area contributed by atoms with Crippen LogP contribution in [-0.2, 0) is 19.7 Å². The molecule has 0 unspecified atom stereocenters. The number of ether oxygens (including phenoxy) is 1. The van der Waals surface area contributed by atoms with Crippen molar-refractivity contribution >= 4 is 11.6 Å². The third kappa shape index (κ3) is 5.22. The summed E-state index contributed by atoms with van der Waals surface area (Å²) in [5.74, 6) is 1.66. The Kier molecular flexibility index (Phi) is 6.86. The van der Waals surface area contributed by atoms with Gasteiger partial charge in [0.05, 0.1) is 24.6 Å². The number of carbonyl (C=O) groups is 1. The normalized spacial score (nSPS) is 11.2. The molecule has 8 heteroatoms. The molecule has 4 rings (SSSR count). The Bertz CT molecular complexity index is 1280. The number of anilines is 1. The smallest absolute Gasteiger partial charge is 0.291 e. The maximum Gasteiger partial charge on any atom is 0.291 e. The zero-order valence-electron chi connectivity index (χ0n) is 20.3. The second-order valence-corrected chi connectivity index (χ2v) is 8.70. The van der Waals surface area contributed by atoms with E-state index < -0.39 is 0 Å². The van der Waals surface area contributed by atoms with E-state index in [9.17, 15) is 4.79 Å². The summed E-state index contributed by atoms with van der Waals surface area (Å²) in [5, 5.41) is 11.5. The molecule has 1 amide bonds. The topological polar surface area (TPSA) is 87.1 Å². The number of hydrogen-bond donors (Lipinski definition) is 1. The predicted octanol–water partition coefficient (Wildman–Crippen LogP) is 5.31. The number of carbonyl (C=O) groups excluding carboxylic acids is 1. The van der Waals surface area contributed by atoms with E-state index in [-0.39, 0.29) is 18.3 Å². The highest BCUT2D eigenvalue weighted by molar-refractivity contribution is 6.02. The second kappa shape index (κ2) is 9.99. The van der Waals surface area contributed by atoms with Crippen LogP contribution in [0.2, 0.25) is 0 Å². The molecule has 0 fully saturated rings. The van der Waals surface area contributed by atoms with Crippen molar-refractivity contribution in [1.29, 1.82) is 0 Å². The van der Waals surface area contributed by atoms with Crippen LogP contribution in [0, 0.1) is 13.8 Å². The van der Waals surface area contributed by atoms with Crippen molar-refractivity contribution in [3.63, 3.8) is 0 Å². The maximum absolute atomic E-state index is 12.7. The Morgan fingerprint density at radius 1 is 1.15 bits per heavy atom. The molecular weight excluding hydrogens is 430 g/mol. The van der Waals surface area contributed by atoms with E-state index in [1.165, 1.54) is 0 Å². The highest BCUT2D eigenvalue weighted by Crippen LogP contribution is 2.28. The van der Waals surface area contributed by atoms with Crippen LogP contribution in [0.5, 0.6) is 5.75 Å². The Morgan fingerprint density at radius 2 is 1.97 bits per heavy atom. The largest absolute Gasteiger partial charge is 0.485 e. The van der Waals surface area contributed by atoms with Crippen LogP contribution >= 0.6 is 0 Å². The van der Waals surface area contributed by atoms with E-state index >= 15 is 0 Å². The van der Waals surface area contributed by atoms with E-state index in [2.05, 4.69) is 48.4 Å². The van der Waals surface area contributed by atoms with Crippen LogP contribution in [0.1, 0.15) is 65.4 Å². The Hall–Kier alpha value is -3.81.